The Morgan fingerprint density at radius 3 is 2.60 bits per heavy atom. The molecular formula is C24H26N4O6S. The van der Waals surface area contributed by atoms with Crippen molar-refractivity contribution in [3.63, 3.8) is 0 Å². The first-order chi connectivity index (χ1) is 16.8. The number of piperidine rings is 1. The van der Waals surface area contributed by atoms with E-state index >= 15 is 0 Å². The number of hydrogen-bond donors (Lipinski definition) is 1. The van der Waals surface area contributed by atoms with Crippen molar-refractivity contribution in [2.45, 2.75) is 24.3 Å². The number of carbonyl (C=O) groups is 1. The number of sulfonamides is 1. The molecule has 5 rings (SSSR count). The topological polar surface area (TPSA) is 122 Å². The van der Waals surface area contributed by atoms with Gasteiger partial charge in [-0.25, -0.2) is 13.4 Å². The van der Waals surface area contributed by atoms with Gasteiger partial charge >= 0.3 is 0 Å². The first-order valence-corrected chi connectivity index (χ1v) is 12.9. The van der Waals surface area contributed by atoms with Crippen molar-refractivity contribution in [1.29, 1.82) is 0 Å². The molecule has 0 spiro atoms. The highest BCUT2D eigenvalue weighted by atomic mass is 32.2. The van der Waals surface area contributed by atoms with E-state index in [1.165, 1.54) is 21.3 Å². The molecule has 1 N–H and O–H groups in total. The molecule has 1 aromatic heterocycles. The number of hydrogen-bond acceptors (Lipinski definition) is 7. The van der Waals surface area contributed by atoms with Crippen LogP contribution in [0.3, 0.4) is 0 Å². The van der Waals surface area contributed by atoms with Crippen LogP contribution in [0.2, 0.25) is 0 Å². The van der Waals surface area contributed by atoms with Crippen LogP contribution in [0.5, 0.6) is 11.5 Å². The van der Waals surface area contributed by atoms with Gasteiger partial charge in [-0.1, -0.05) is 12.1 Å². The number of para-hydroxylation sites is 1. The Morgan fingerprint density at radius 2 is 1.83 bits per heavy atom. The van der Waals surface area contributed by atoms with Gasteiger partial charge in [-0.2, -0.15) is 4.31 Å². The van der Waals surface area contributed by atoms with Crippen molar-refractivity contribution in [3.05, 3.63) is 58.6 Å². The Labute approximate surface area is 202 Å². The van der Waals surface area contributed by atoms with Crippen molar-refractivity contribution >= 4 is 26.8 Å². The standard InChI is InChI=1S/C24H26N4O6S/c1-27(15-22-25-19-5-3-2-4-18(19)23(29)26-22)24(30)16-8-10-28(11-9-16)35(31,32)17-6-7-20-21(14-17)34-13-12-33-20/h2-7,14,16H,8-13,15H2,1H3,(H,25,26,29). The minimum Gasteiger partial charge on any atom is -0.486 e. The van der Waals surface area contributed by atoms with Gasteiger partial charge in [0.05, 0.1) is 22.3 Å². The fourth-order valence-corrected chi connectivity index (χ4v) is 5.99. The van der Waals surface area contributed by atoms with Gasteiger partial charge < -0.3 is 19.4 Å². The normalized spacial score (nSPS) is 16.8. The van der Waals surface area contributed by atoms with Crippen molar-refractivity contribution < 1.29 is 22.7 Å². The second-order valence-corrected chi connectivity index (χ2v) is 10.6. The maximum atomic E-state index is 13.2. The van der Waals surface area contributed by atoms with Crippen LogP contribution in [-0.2, 0) is 21.4 Å². The smallest absolute Gasteiger partial charge is 0.258 e. The summed E-state index contributed by atoms with van der Waals surface area (Å²) in [6, 6.07) is 11.7. The van der Waals surface area contributed by atoms with Gasteiger partial charge in [0, 0.05) is 32.1 Å². The molecule has 2 aromatic carbocycles. The average Bonchev–Trinajstić information content (AvgIpc) is 2.88. The number of H-pyrrole nitrogens is 1. The van der Waals surface area contributed by atoms with Crippen LogP contribution in [-0.4, -0.2) is 66.8 Å². The van der Waals surface area contributed by atoms with Crippen LogP contribution in [0.25, 0.3) is 10.9 Å². The summed E-state index contributed by atoms with van der Waals surface area (Å²) in [6.07, 6.45) is 0.823. The molecule has 0 atom stereocenters. The predicted molar refractivity (Wildman–Crippen MR) is 128 cm³/mol. The second kappa shape index (κ2) is 9.31. The molecular weight excluding hydrogens is 472 g/mol. The second-order valence-electron chi connectivity index (χ2n) is 8.71. The monoisotopic (exact) mass is 498 g/mol. The average molecular weight is 499 g/mol. The third kappa shape index (κ3) is 4.61. The van der Waals surface area contributed by atoms with E-state index in [1.807, 2.05) is 0 Å². The molecule has 184 valence electrons. The number of nitrogens with zero attached hydrogens (tertiary/aromatic N) is 3. The van der Waals surface area contributed by atoms with E-state index in [0.717, 1.165) is 0 Å². The SMILES string of the molecule is CN(Cc1nc2ccccc2c(=O)[nH]1)C(=O)C1CCN(S(=O)(=O)c2ccc3c(c2)OCCO3)CC1. The number of nitrogens with one attached hydrogen (secondary N) is 1. The molecule has 0 unspecified atom stereocenters. The zero-order valence-electron chi connectivity index (χ0n) is 19.3. The summed E-state index contributed by atoms with van der Waals surface area (Å²) in [5.74, 6) is 0.952. The first kappa shape index (κ1) is 23.3. The molecule has 1 saturated heterocycles. The highest BCUT2D eigenvalue weighted by Gasteiger charge is 2.34. The summed E-state index contributed by atoms with van der Waals surface area (Å²) in [6.45, 7) is 1.45. The van der Waals surface area contributed by atoms with Gasteiger partial charge in [-0.3, -0.25) is 9.59 Å². The third-order valence-electron chi connectivity index (χ3n) is 6.38. The van der Waals surface area contributed by atoms with Gasteiger partial charge in [-0.15, -0.1) is 0 Å². The van der Waals surface area contributed by atoms with E-state index in [0.29, 0.717) is 54.3 Å². The Balaban J connectivity index is 1.23. The molecule has 2 aliphatic heterocycles. The van der Waals surface area contributed by atoms with Gasteiger partial charge in [0.2, 0.25) is 15.9 Å². The lowest BCUT2D eigenvalue weighted by Crippen LogP contribution is -2.43. The van der Waals surface area contributed by atoms with Crippen molar-refractivity contribution in [2.75, 3.05) is 33.4 Å². The quantitative estimate of drug-likeness (QED) is 0.569. The van der Waals surface area contributed by atoms with Gasteiger partial charge in [-0.05, 0) is 37.1 Å². The number of amides is 1. The van der Waals surface area contributed by atoms with Crippen molar-refractivity contribution in [2.24, 2.45) is 5.92 Å². The van der Waals surface area contributed by atoms with Crippen molar-refractivity contribution in [3.8, 4) is 11.5 Å². The van der Waals surface area contributed by atoms with Gasteiger partial charge in [0.15, 0.2) is 11.5 Å². The molecule has 0 radical (unpaired) electrons. The number of aromatic amines is 1. The number of benzene rings is 2. The zero-order valence-corrected chi connectivity index (χ0v) is 20.1. The van der Waals surface area contributed by atoms with Crippen LogP contribution < -0.4 is 15.0 Å². The van der Waals surface area contributed by atoms with Crippen molar-refractivity contribution in [1.82, 2.24) is 19.2 Å². The summed E-state index contributed by atoms with van der Waals surface area (Å²) >= 11 is 0. The maximum absolute atomic E-state index is 13.2. The summed E-state index contributed by atoms with van der Waals surface area (Å²) in [7, 11) is -2.05. The van der Waals surface area contributed by atoms with Crippen LogP contribution in [0.1, 0.15) is 18.7 Å². The van der Waals surface area contributed by atoms with E-state index < -0.39 is 10.0 Å². The number of aromatic nitrogens is 2. The zero-order chi connectivity index (χ0) is 24.6. The summed E-state index contributed by atoms with van der Waals surface area (Å²) in [4.78, 5) is 34.2. The lowest BCUT2D eigenvalue weighted by atomic mass is 9.96. The molecule has 10 nitrogen and oxygen atoms in total. The number of carbonyl (C=O) groups excluding carboxylic acids is 1. The van der Waals surface area contributed by atoms with Crippen LogP contribution in [0.15, 0.2) is 52.2 Å². The highest BCUT2D eigenvalue weighted by molar-refractivity contribution is 7.89. The molecule has 3 heterocycles. The summed E-state index contributed by atoms with van der Waals surface area (Å²) in [5.41, 5.74) is 0.328. The molecule has 11 heteroatoms. The van der Waals surface area contributed by atoms with E-state index in [4.69, 9.17) is 9.47 Å². The Morgan fingerprint density at radius 1 is 1.11 bits per heavy atom. The molecule has 1 fully saturated rings. The Bertz CT molecular complexity index is 1430. The molecule has 2 aliphatic rings. The Kier molecular flexibility index (Phi) is 6.20. The fraction of sp³-hybridized carbons (Fsp3) is 0.375. The number of ether oxygens (including phenoxy) is 2. The first-order valence-electron chi connectivity index (χ1n) is 11.5. The molecule has 0 bridgehead atoms. The number of rotatable bonds is 5. The third-order valence-corrected chi connectivity index (χ3v) is 8.27. The summed E-state index contributed by atoms with van der Waals surface area (Å²) in [5, 5.41) is 0.497. The lowest BCUT2D eigenvalue weighted by Gasteiger charge is -2.32. The summed E-state index contributed by atoms with van der Waals surface area (Å²) < 4.78 is 38.7. The largest absolute Gasteiger partial charge is 0.486 e. The van der Waals surface area contributed by atoms with E-state index in [1.54, 1.807) is 37.4 Å². The van der Waals surface area contributed by atoms with Gasteiger partial charge in [0.25, 0.3) is 5.56 Å². The minimum atomic E-state index is -3.72. The molecule has 3 aromatic rings. The van der Waals surface area contributed by atoms with Crippen LogP contribution in [0.4, 0.5) is 0 Å². The van der Waals surface area contributed by atoms with Crippen LogP contribution >= 0.6 is 0 Å². The molecule has 0 saturated carbocycles. The lowest BCUT2D eigenvalue weighted by molar-refractivity contribution is -0.136. The van der Waals surface area contributed by atoms with E-state index in [-0.39, 0.29) is 41.9 Å². The van der Waals surface area contributed by atoms with E-state index in [9.17, 15) is 18.0 Å². The Hall–Kier alpha value is -3.44. The molecule has 35 heavy (non-hydrogen) atoms. The number of fused-ring (bicyclic) bond motifs is 2. The van der Waals surface area contributed by atoms with E-state index in [2.05, 4.69) is 9.97 Å². The predicted octanol–water partition coefficient (Wildman–Crippen LogP) is 1.75. The fourth-order valence-electron chi connectivity index (χ4n) is 4.50. The van der Waals surface area contributed by atoms with Gasteiger partial charge in [0.1, 0.15) is 19.0 Å². The molecule has 0 aliphatic carbocycles. The minimum absolute atomic E-state index is 0.0998. The maximum Gasteiger partial charge on any atom is 0.258 e. The van der Waals surface area contributed by atoms with Crippen LogP contribution in [0, 0.1) is 5.92 Å². The highest BCUT2D eigenvalue weighted by Crippen LogP contribution is 2.34. The molecule has 1 amide bonds.